The number of aromatic nitrogens is 3. The average molecular weight is 988 g/mol. The quantitative estimate of drug-likeness (QED) is 0.152. The lowest BCUT2D eigenvalue weighted by Crippen LogP contribution is -1.96. The van der Waals surface area contributed by atoms with Crippen LogP contribution in [-0.4, -0.2) is 14.5 Å². The van der Waals surface area contributed by atoms with E-state index in [1.807, 2.05) is 50.2 Å². The molecule has 0 N–H and O–H groups in total. The molecule has 12 rings (SSSR count). The van der Waals surface area contributed by atoms with Gasteiger partial charge in [-0.3, -0.25) is 0 Å². The standard InChI is InChI=1S/C29H22N2.C27H23N.C15H18.C2H6/c1-21-15-17-22(18-16-21)25-13-8-14-26(19-25)28-20-27(23-9-4-2-5-10-23)30-29(31-28)24-11-6-3-7-12-24;1-18-12-13-19(2)24(16-18)25-17-21(15-14-20(25)3)28-26-10-6-4-8-22(26)23-9-5-7-11-27(23)28;1-3-13-9-5-7-11-15(13)14-10-6-4-8-12(14)2;1-2/h2-20H,1H3;4-17H,1-3H3;4,6-8,10-11H,3,5,9H2,1-2H3;1-2H3. The van der Waals surface area contributed by atoms with Crippen LogP contribution in [0.2, 0.25) is 0 Å². The summed E-state index contributed by atoms with van der Waals surface area (Å²) < 4.78 is 2.39. The molecule has 0 fully saturated rings. The van der Waals surface area contributed by atoms with E-state index < -0.39 is 0 Å². The first kappa shape index (κ1) is 52.2. The molecule has 76 heavy (non-hydrogen) atoms. The summed E-state index contributed by atoms with van der Waals surface area (Å²) in [6.45, 7) is 17.1. The van der Waals surface area contributed by atoms with E-state index >= 15 is 0 Å². The molecule has 0 atom stereocenters. The maximum Gasteiger partial charge on any atom is 0.160 e. The molecular weight excluding hydrogens is 919 g/mol. The highest BCUT2D eigenvalue weighted by Crippen LogP contribution is 2.36. The number of aryl methyl sites for hydroxylation is 5. The second-order valence-corrected chi connectivity index (χ2v) is 19.5. The third kappa shape index (κ3) is 11.8. The summed E-state index contributed by atoms with van der Waals surface area (Å²) in [5.41, 5.74) is 24.7. The molecule has 376 valence electrons. The van der Waals surface area contributed by atoms with E-state index in [4.69, 9.17) is 9.97 Å². The highest BCUT2D eigenvalue weighted by molar-refractivity contribution is 6.09. The van der Waals surface area contributed by atoms with E-state index in [9.17, 15) is 0 Å². The van der Waals surface area contributed by atoms with Gasteiger partial charge in [-0.05, 0) is 140 Å². The van der Waals surface area contributed by atoms with E-state index in [2.05, 4.69) is 246 Å². The van der Waals surface area contributed by atoms with Crippen LogP contribution in [-0.2, 0) is 0 Å². The predicted octanol–water partition coefficient (Wildman–Crippen LogP) is 20.4. The van der Waals surface area contributed by atoms with Gasteiger partial charge in [-0.15, -0.1) is 0 Å². The topological polar surface area (TPSA) is 30.7 Å². The first-order valence-electron chi connectivity index (χ1n) is 27.0. The van der Waals surface area contributed by atoms with Crippen LogP contribution < -0.4 is 0 Å². The molecule has 2 heterocycles. The molecule has 1 aliphatic carbocycles. The van der Waals surface area contributed by atoms with Crippen molar-refractivity contribution in [3.05, 3.63) is 276 Å². The first-order chi connectivity index (χ1) is 37.2. The number of hydrogen-bond acceptors (Lipinski definition) is 2. The monoisotopic (exact) mass is 988 g/mol. The van der Waals surface area contributed by atoms with Crippen molar-refractivity contribution in [2.24, 2.45) is 0 Å². The van der Waals surface area contributed by atoms with Gasteiger partial charge in [0.15, 0.2) is 5.82 Å². The number of nitrogens with zero attached hydrogens (tertiary/aromatic N) is 3. The Hall–Kier alpha value is -8.66. The molecule has 0 aliphatic heterocycles. The molecule has 0 saturated carbocycles. The smallest absolute Gasteiger partial charge is 0.160 e. The highest BCUT2D eigenvalue weighted by atomic mass is 15.0. The zero-order valence-electron chi connectivity index (χ0n) is 45.5. The van der Waals surface area contributed by atoms with Crippen molar-refractivity contribution in [1.82, 2.24) is 14.5 Å². The Kier molecular flexibility index (Phi) is 16.9. The fourth-order valence-electron chi connectivity index (χ4n) is 10.2. The summed E-state index contributed by atoms with van der Waals surface area (Å²) in [7, 11) is 0. The van der Waals surface area contributed by atoms with Gasteiger partial charge in [0, 0.05) is 33.2 Å². The van der Waals surface area contributed by atoms with Gasteiger partial charge in [-0.25, -0.2) is 9.97 Å². The van der Waals surface area contributed by atoms with Gasteiger partial charge in [0.05, 0.1) is 22.4 Å². The van der Waals surface area contributed by atoms with Gasteiger partial charge < -0.3 is 4.57 Å². The van der Waals surface area contributed by atoms with Gasteiger partial charge >= 0.3 is 0 Å². The lowest BCUT2D eigenvalue weighted by Gasteiger charge is -2.16. The molecule has 0 bridgehead atoms. The minimum atomic E-state index is 0.734. The number of allylic oxidation sites excluding steroid dienone is 4. The van der Waals surface area contributed by atoms with Crippen molar-refractivity contribution < 1.29 is 0 Å². The van der Waals surface area contributed by atoms with Crippen LogP contribution in [0.3, 0.4) is 0 Å². The number of benzene rings is 9. The lowest BCUT2D eigenvalue weighted by atomic mass is 9.89. The third-order valence-corrected chi connectivity index (χ3v) is 14.3. The van der Waals surface area contributed by atoms with Crippen LogP contribution in [0, 0.1) is 34.6 Å². The predicted molar refractivity (Wildman–Crippen MR) is 327 cm³/mol. The van der Waals surface area contributed by atoms with Crippen LogP contribution >= 0.6 is 0 Å². The van der Waals surface area contributed by atoms with Gasteiger partial charge in [0.1, 0.15) is 0 Å². The molecule has 1 aliphatic rings. The van der Waals surface area contributed by atoms with Crippen LogP contribution in [0.15, 0.2) is 242 Å². The summed E-state index contributed by atoms with van der Waals surface area (Å²) in [5.74, 6) is 0.734. The molecule has 3 heteroatoms. The zero-order chi connectivity index (χ0) is 53.0. The molecule has 3 nitrogen and oxygen atoms in total. The van der Waals surface area contributed by atoms with E-state index in [0.717, 1.165) is 33.9 Å². The normalized spacial score (nSPS) is 11.8. The Morgan fingerprint density at radius 1 is 0.408 bits per heavy atom. The second kappa shape index (κ2) is 24.6. The molecule has 0 amide bonds. The molecular formula is C73H69N3. The van der Waals surface area contributed by atoms with Crippen LogP contribution in [0.1, 0.15) is 73.4 Å². The zero-order valence-corrected chi connectivity index (χ0v) is 45.5. The molecule has 11 aromatic rings. The van der Waals surface area contributed by atoms with Crippen LogP contribution in [0.5, 0.6) is 0 Å². The van der Waals surface area contributed by atoms with E-state index in [0.29, 0.717) is 0 Å². The van der Waals surface area contributed by atoms with Crippen molar-refractivity contribution in [3.8, 4) is 61.8 Å². The molecule has 0 saturated heterocycles. The summed E-state index contributed by atoms with van der Waals surface area (Å²) >= 11 is 0. The van der Waals surface area contributed by atoms with E-state index in [-0.39, 0.29) is 0 Å². The summed E-state index contributed by atoms with van der Waals surface area (Å²) in [6, 6.07) is 79.2. The minimum absolute atomic E-state index is 0.734. The van der Waals surface area contributed by atoms with Crippen molar-refractivity contribution in [2.75, 3.05) is 0 Å². The Morgan fingerprint density at radius 3 is 1.59 bits per heavy atom. The van der Waals surface area contributed by atoms with Crippen molar-refractivity contribution in [3.63, 3.8) is 0 Å². The Morgan fingerprint density at radius 2 is 0.934 bits per heavy atom. The minimum Gasteiger partial charge on any atom is -0.309 e. The SMILES string of the molecule is CC.CCC1=C(c2ccccc2C)C=CCC1.Cc1ccc(-c2cccc(-c3cc(-c4ccccc4)nc(-c4ccccc4)n3)c2)cc1.Cc1ccc(C)c(-c2cc(-n3c4ccccc4c4ccccc43)ccc2C)c1. The Bertz CT molecular complexity index is 3690. The van der Waals surface area contributed by atoms with Crippen LogP contribution in [0.25, 0.3) is 89.2 Å². The second-order valence-electron chi connectivity index (χ2n) is 19.5. The van der Waals surface area contributed by atoms with Gasteiger partial charge in [-0.2, -0.15) is 0 Å². The third-order valence-electron chi connectivity index (χ3n) is 14.3. The Labute approximate surface area is 451 Å². The maximum absolute atomic E-state index is 4.94. The number of hydrogen-bond donors (Lipinski definition) is 0. The van der Waals surface area contributed by atoms with Crippen molar-refractivity contribution in [2.45, 2.75) is 74.7 Å². The van der Waals surface area contributed by atoms with Crippen molar-refractivity contribution in [1.29, 1.82) is 0 Å². The summed E-state index contributed by atoms with van der Waals surface area (Å²) in [5, 5.41) is 2.60. The fraction of sp³-hybridized carbons (Fsp3) is 0.151. The molecule has 9 aromatic carbocycles. The summed E-state index contributed by atoms with van der Waals surface area (Å²) in [4.78, 5) is 9.82. The molecule has 0 radical (unpaired) electrons. The molecule has 0 spiro atoms. The number of rotatable bonds is 8. The van der Waals surface area contributed by atoms with E-state index in [1.54, 1.807) is 5.57 Å². The Balaban J connectivity index is 0.000000145. The highest BCUT2D eigenvalue weighted by Gasteiger charge is 2.15. The van der Waals surface area contributed by atoms with Gasteiger partial charge in [-0.1, -0.05) is 238 Å². The fourth-order valence-corrected chi connectivity index (χ4v) is 10.2. The van der Waals surface area contributed by atoms with E-state index in [1.165, 1.54) is 108 Å². The molecule has 2 aromatic heterocycles. The average Bonchev–Trinajstić information content (AvgIpc) is 3.86. The first-order valence-corrected chi connectivity index (χ1v) is 27.0. The molecule has 0 unspecified atom stereocenters. The summed E-state index contributed by atoms with van der Waals surface area (Å²) in [6.07, 6.45) is 8.20. The van der Waals surface area contributed by atoms with Crippen LogP contribution in [0.4, 0.5) is 0 Å². The maximum atomic E-state index is 4.94. The van der Waals surface area contributed by atoms with Gasteiger partial charge in [0.2, 0.25) is 0 Å². The van der Waals surface area contributed by atoms with Gasteiger partial charge in [0.25, 0.3) is 0 Å². The number of fused-ring (bicyclic) bond motifs is 3. The number of para-hydroxylation sites is 2. The lowest BCUT2D eigenvalue weighted by molar-refractivity contribution is 0.901. The van der Waals surface area contributed by atoms with Crippen molar-refractivity contribution >= 4 is 27.4 Å². The largest absolute Gasteiger partial charge is 0.309 e.